The zero-order chi connectivity index (χ0) is 21.7. The van der Waals surface area contributed by atoms with Crippen molar-refractivity contribution in [3.8, 4) is 0 Å². The summed E-state index contributed by atoms with van der Waals surface area (Å²) in [6.45, 7) is 10.0. The van der Waals surface area contributed by atoms with Crippen LogP contribution in [0.1, 0.15) is 36.6 Å². The van der Waals surface area contributed by atoms with Crippen molar-refractivity contribution in [2.75, 3.05) is 11.9 Å². The van der Waals surface area contributed by atoms with E-state index in [0.717, 1.165) is 54.8 Å². The molecule has 3 rings (SSSR count). The monoisotopic (exact) mass is 432 g/mol. The Kier molecular flexibility index (Phi) is 7.09. The van der Waals surface area contributed by atoms with E-state index in [-0.39, 0.29) is 12.0 Å². The van der Waals surface area contributed by atoms with Crippen LogP contribution in [-0.2, 0) is 16.2 Å². The van der Waals surface area contributed by atoms with E-state index in [9.17, 15) is 4.79 Å². The van der Waals surface area contributed by atoms with Gasteiger partial charge in [-0.15, -0.1) is 0 Å². The van der Waals surface area contributed by atoms with Gasteiger partial charge in [0.15, 0.2) is 5.82 Å². The highest BCUT2D eigenvalue weighted by Gasteiger charge is 2.31. The van der Waals surface area contributed by atoms with Gasteiger partial charge in [-0.25, -0.2) is 9.48 Å². The third-order valence-electron chi connectivity index (χ3n) is 5.27. The molecule has 164 valence electrons. The van der Waals surface area contributed by atoms with Crippen molar-refractivity contribution in [1.82, 2.24) is 20.0 Å². The van der Waals surface area contributed by atoms with Crippen LogP contribution in [0, 0.1) is 6.92 Å². The zero-order valence-corrected chi connectivity index (χ0v) is 19.2. The molecule has 0 aromatic carbocycles. The fourth-order valence-electron chi connectivity index (χ4n) is 3.61. The van der Waals surface area contributed by atoms with Crippen LogP contribution in [0.15, 0.2) is 18.3 Å². The molecule has 0 radical (unpaired) electrons. The van der Waals surface area contributed by atoms with Crippen LogP contribution >= 0.6 is 0 Å². The first-order valence-corrected chi connectivity index (χ1v) is 14.1. The van der Waals surface area contributed by atoms with E-state index in [1.54, 1.807) is 6.20 Å². The molecule has 2 heterocycles. The van der Waals surface area contributed by atoms with E-state index in [2.05, 4.69) is 35.2 Å². The first-order chi connectivity index (χ1) is 14.2. The van der Waals surface area contributed by atoms with Gasteiger partial charge < -0.3 is 20.5 Å². The van der Waals surface area contributed by atoms with Gasteiger partial charge in [-0.1, -0.05) is 19.6 Å². The normalized spacial score (nSPS) is 19.1. The van der Waals surface area contributed by atoms with Gasteiger partial charge in [0, 0.05) is 32.4 Å². The van der Waals surface area contributed by atoms with E-state index in [1.165, 1.54) is 0 Å². The van der Waals surface area contributed by atoms with Crippen LogP contribution in [0.5, 0.6) is 0 Å². The Labute approximate surface area is 178 Å². The quantitative estimate of drug-likeness (QED) is 0.457. The predicted octanol–water partition coefficient (Wildman–Crippen LogP) is 3.77. The molecule has 0 saturated heterocycles. The fraction of sp³-hybridized carbons (Fsp3) is 0.600. The zero-order valence-electron chi connectivity index (χ0n) is 18.2. The number of aromatic nitrogens is 4. The first kappa shape index (κ1) is 22.2. The molecule has 0 spiro atoms. The summed E-state index contributed by atoms with van der Waals surface area (Å²) >= 11 is 0. The lowest BCUT2D eigenvalue weighted by Crippen LogP contribution is -2.22. The van der Waals surface area contributed by atoms with E-state index < -0.39 is 14.2 Å². The maximum Gasteiger partial charge on any atom is 0.404 e. The summed E-state index contributed by atoms with van der Waals surface area (Å²) in [4.78, 5) is 11.1. The van der Waals surface area contributed by atoms with Gasteiger partial charge in [0.1, 0.15) is 12.8 Å². The van der Waals surface area contributed by atoms with Crippen molar-refractivity contribution < 1.29 is 14.3 Å². The molecule has 1 aliphatic rings. The summed E-state index contributed by atoms with van der Waals surface area (Å²) in [5.41, 5.74) is 7.93. The molecule has 3 N–H and O–H groups in total. The maximum absolute atomic E-state index is 11.1. The molecule has 1 fully saturated rings. The minimum Gasteiger partial charge on any atom is -0.446 e. The third kappa shape index (κ3) is 6.27. The Bertz CT molecular complexity index is 866. The van der Waals surface area contributed by atoms with Crippen molar-refractivity contribution in [3.05, 3.63) is 29.7 Å². The molecule has 1 aliphatic carbocycles. The topological polar surface area (TPSA) is 117 Å². The molecule has 30 heavy (non-hydrogen) atoms. The average molecular weight is 433 g/mol. The van der Waals surface area contributed by atoms with E-state index >= 15 is 0 Å². The minimum absolute atomic E-state index is 0.147. The molecule has 10 heteroatoms. The predicted molar refractivity (Wildman–Crippen MR) is 117 cm³/mol. The number of nitrogens with one attached hydrogen (secondary N) is 1. The smallest absolute Gasteiger partial charge is 0.404 e. The largest absolute Gasteiger partial charge is 0.446 e. The van der Waals surface area contributed by atoms with Crippen molar-refractivity contribution in [2.24, 2.45) is 5.73 Å². The summed E-state index contributed by atoms with van der Waals surface area (Å²) in [5, 5.41) is 16.0. The highest BCUT2D eigenvalue weighted by Crippen LogP contribution is 2.37. The number of amides is 1. The van der Waals surface area contributed by atoms with Crippen molar-refractivity contribution >= 4 is 25.7 Å². The van der Waals surface area contributed by atoms with Crippen LogP contribution in [0.25, 0.3) is 0 Å². The number of nitrogens with two attached hydrogens (primary N) is 1. The maximum atomic E-state index is 11.1. The molecule has 0 bridgehead atoms. The highest BCUT2D eigenvalue weighted by molar-refractivity contribution is 6.76. The number of anilines is 2. The number of carbonyl (C=O) groups excluding carboxylic acids is 1. The molecule has 0 aliphatic heterocycles. The first-order valence-electron chi connectivity index (χ1n) is 10.4. The Hall–Kier alpha value is -2.46. The van der Waals surface area contributed by atoms with Crippen LogP contribution in [0.4, 0.5) is 16.3 Å². The lowest BCUT2D eigenvalue weighted by Gasteiger charge is -2.17. The number of primary amides is 1. The van der Waals surface area contributed by atoms with Crippen LogP contribution in [0.3, 0.4) is 0 Å². The van der Waals surface area contributed by atoms with Crippen molar-refractivity contribution in [3.63, 3.8) is 0 Å². The Morgan fingerprint density at radius 1 is 1.37 bits per heavy atom. The molecule has 1 saturated carbocycles. The number of nitrogens with zero attached hydrogens (tertiary/aromatic N) is 4. The van der Waals surface area contributed by atoms with Crippen LogP contribution < -0.4 is 11.1 Å². The van der Waals surface area contributed by atoms with Gasteiger partial charge >= 0.3 is 6.09 Å². The van der Waals surface area contributed by atoms with E-state index in [0.29, 0.717) is 6.73 Å². The Morgan fingerprint density at radius 3 is 2.87 bits per heavy atom. The summed E-state index contributed by atoms with van der Waals surface area (Å²) in [6, 6.07) is 5.02. The molecule has 9 nitrogen and oxygen atoms in total. The SMILES string of the molecule is Cc1nnccc1Nc1cc([C@H]2CCC(OC(N)=O)C2)n(COCC[Si](C)(C)C)n1. The Morgan fingerprint density at radius 2 is 2.17 bits per heavy atom. The van der Waals surface area contributed by atoms with Gasteiger partial charge in [-0.2, -0.15) is 15.3 Å². The third-order valence-corrected chi connectivity index (χ3v) is 6.98. The second-order valence-electron chi connectivity index (χ2n) is 9.03. The fourth-order valence-corrected chi connectivity index (χ4v) is 4.36. The average Bonchev–Trinajstić information content (AvgIpc) is 3.26. The second-order valence-corrected chi connectivity index (χ2v) is 14.6. The summed E-state index contributed by atoms with van der Waals surface area (Å²) < 4.78 is 13.1. The van der Waals surface area contributed by atoms with Gasteiger partial charge in [-0.3, -0.25) is 0 Å². The molecule has 2 aromatic heterocycles. The minimum atomic E-state index is -1.15. The molecule has 2 aromatic rings. The Balaban J connectivity index is 1.74. The molecular weight excluding hydrogens is 400 g/mol. The van der Waals surface area contributed by atoms with E-state index in [1.807, 2.05) is 23.7 Å². The summed E-state index contributed by atoms with van der Waals surface area (Å²) in [7, 11) is -1.15. The van der Waals surface area contributed by atoms with Gasteiger partial charge in [0.05, 0.1) is 17.6 Å². The number of rotatable bonds is 9. The number of carbonyl (C=O) groups is 1. The number of aryl methyl sites for hydroxylation is 1. The number of ether oxygens (including phenoxy) is 2. The van der Waals surface area contributed by atoms with Crippen LogP contribution in [0.2, 0.25) is 25.7 Å². The number of hydrogen-bond acceptors (Lipinski definition) is 7. The molecule has 2 atom stereocenters. The summed E-state index contributed by atoms with van der Waals surface area (Å²) in [6.07, 6.45) is 3.23. The summed E-state index contributed by atoms with van der Waals surface area (Å²) in [5.74, 6) is 0.962. The van der Waals surface area contributed by atoms with Crippen molar-refractivity contribution in [1.29, 1.82) is 0 Å². The lowest BCUT2D eigenvalue weighted by atomic mass is 10.0. The second kappa shape index (κ2) is 9.56. The van der Waals surface area contributed by atoms with Gasteiger partial charge in [-0.05, 0) is 38.3 Å². The lowest BCUT2D eigenvalue weighted by molar-refractivity contribution is 0.0753. The van der Waals surface area contributed by atoms with Crippen molar-refractivity contribution in [2.45, 2.75) is 70.6 Å². The van der Waals surface area contributed by atoms with E-state index in [4.69, 9.17) is 20.3 Å². The van der Waals surface area contributed by atoms with Gasteiger partial charge in [0.2, 0.25) is 0 Å². The molecule has 1 amide bonds. The highest BCUT2D eigenvalue weighted by atomic mass is 28.3. The standard InChI is InChI=1S/C20H32N6O3Si/c1-14-17(7-8-22-24-14)23-19-12-18(15-5-6-16(11-15)29-20(21)27)26(25-19)13-28-9-10-30(2,3)4/h7-8,12,15-16H,5-6,9-11,13H2,1-4H3,(H2,21,27)(H,22,23,25)/t15-,16?/m0/s1. The van der Waals surface area contributed by atoms with Gasteiger partial charge in [0.25, 0.3) is 0 Å². The number of hydrogen-bond donors (Lipinski definition) is 2. The molecule has 1 unspecified atom stereocenters. The molecular formula is C20H32N6O3Si. The van der Waals surface area contributed by atoms with Crippen LogP contribution in [-0.4, -0.2) is 46.9 Å².